The number of ether oxygens (including phenoxy) is 1. The highest BCUT2D eigenvalue weighted by Crippen LogP contribution is 2.48. The molecule has 1 heterocycles. The average molecular weight is 425 g/mol. The number of amides is 1. The number of carbonyl (C=O) groups is 2. The molecule has 0 unspecified atom stereocenters. The monoisotopic (exact) mass is 424 g/mol. The zero-order valence-corrected chi connectivity index (χ0v) is 15.9. The second-order valence-electron chi connectivity index (χ2n) is 6.79. The van der Waals surface area contributed by atoms with Crippen LogP contribution >= 0.6 is 24.0 Å². The maximum Gasteiger partial charge on any atom is 0.387 e. The van der Waals surface area contributed by atoms with E-state index < -0.39 is 18.0 Å². The van der Waals surface area contributed by atoms with Gasteiger partial charge in [0.25, 0.3) is 0 Å². The molecule has 1 aromatic carbocycles. The maximum atomic E-state index is 12.2. The topological polar surface area (TPSA) is 78.9 Å². The van der Waals surface area contributed by atoms with Crippen LogP contribution in [0.5, 0.6) is 5.75 Å². The number of likely N-dealkylation sites (tertiary alicyclic amines) is 1. The molecule has 2 aliphatic rings. The fourth-order valence-electron chi connectivity index (χ4n) is 4.04. The van der Waals surface area contributed by atoms with E-state index in [-0.39, 0.29) is 41.5 Å². The molecule has 10 heteroatoms. The summed E-state index contributed by atoms with van der Waals surface area (Å²) in [7, 11) is 0. The van der Waals surface area contributed by atoms with Gasteiger partial charge < -0.3 is 15.2 Å². The molecule has 0 spiro atoms. The number of nitrogens with one attached hydrogen (secondary N) is 1. The molecule has 1 saturated heterocycles. The molecule has 1 aromatic rings. The first-order valence-electron chi connectivity index (χ1n) is 8.30. The third-order valence-corrected chi connectivity index (χ3v) is 5.46. The van der Waals surface area contributed by atoms with E-state index in [0.29, 0.717) is 25.2 Å². The van der Waals surface area contributed by atoms with Gasteiger partial charge in [-0.1, -0.05) is 18.0 Å². The number of benzene rings is 1. The third kappa shape index (κ3) is 4.62. The molecule has 1 amide bonds. The number of anilines is 1. The Bertz CT molecular complexity index is 722. The zero-order chi connectivity index (χ0) is 18.9. The SMILES string of the molecule is Cl.O=C(CN1C[C@@H]2CCC[C@@]2(C(=O)O)C1)Nc1ccc(OC(F)F)c(Cl)c1. The van der Waals surface area contributed by atoms with Crippen LogP contribution in [0.2, 0.25) is 5.02 Å². The Morgan fingerprint density at radius 2 is 2.19 bits per heavy atom. The molecule has 1 aliphatic heterocycles. The van der Waals surface area contributed by atoms with Crippen LogP contribution in [0, 0.1) is 11.3 Å². The minimum Gasteiger partial charge on any atom is -0.481 e. The lowest BCUT2D eigenvalue weighted by molar-refractivity contribution is -0.149. The molecule has 0 bridgehead atoms. The Balaban J connectivity index is 0.00000261. The molecular formula is C17H20Cl2F2N2O4. The van der Waals surface area contributed by atoms with Gasteiger partial charge in [-0.2, -0.15) is 8.78 Å². The minimum atomic E-state index is -2.98. The highest BCUT2D eigenvalue weighted by Gasteiger charge is 2.54. The molecule has 0 radical (unpaired) electrons. The Morgan fingerprint density at radius 1 is 1.44 bits per heavy atom. The summed E-state index contributed by atoms with van der Waals surface area (Å²) in [4.78, 5) is 25.8. The fraction of sp³-hybridized carbons (Fsp3) is 0.529. The lowest BCUT2D eigenvalue weighted by atomic mass is 9.81. The van der Waals surface area contributed by atoms with Gasteiger partial charge in [-0.25, -0.2) is 0 Å². The minimum absolute atomic E-state index is 0. The molecule has 1 saturated carbocycles. The van der Waals surface area contributed by atoms with E-state index in [1.54, 1.807) is 0 Å². The maximum absolute atomic E-state index is 12.2. The van der Waals surface area contributed by atoms with Crippen molar-refractivity contribution in [1.29, 1.82) is 0 Å². The van der Waals surface area contributed by atoms with Crippen LogP contribution in [0.1, 0.15) is 19.3 Å². The van der Waals surface area contributed by atoms with Crippen molar-refractivity contribution < 1.29 is 28.2 Å². The van der Waals surface area contributed by atoms with Crippen molar-refractivity contribution >= 4 is 41.6 Å². The number of hydrogen-bond acceptors (Lipinski definition) is 4. The summed E-state index contributed by atoms with van der Waals surface area (Å²) in [5.74, 6) is -1.20. The Labute approximate surface area is 166 Å². The number of carbonyl (C=O) groups excluding carboxylic acids is 1. The summed E-state index contributed by atoms with van der Waals surface area (Å²) in [6, 6.07) is 4.00. The predicted octanol–water partition coefficient (Wildman–Crippen LogP) is 3.49. The number of fused-ring (bicyclic) bond motifs is 1. The number of carboxylic acid groups (broad SMARTS) is 1. The third-order valence-electron chi connectivity index (χ3n) is 5.17. The summed E-state index contributed by atoms with van der Waals surface area (Å²) in [6.07, 6.45) is 2.42. The smallest absolute Gasteiger partial charge is 0.387 e. The predicted molar refractivity (Wildman–Crippen MR) is 97.8 cm³/mol. The van der Waals surface area contributed by atoms with Gasteiger partial charge in [-0.15, -0.1) is 12.4 Å². The number of rotatable bonds is 6. The van der Waals surface area contributed by atoms with Gasteiger partial charge in [-0.05, 0) is 37.0 Å². The zero-order valence-electron chi connectivity index (χ0n) is 14.3. The lowest BCUT2D eigenvalue weighted by Gasteiger charge is -2.23. The summed E-state index contributed by atoms with van der Waals surface area (Å²) < 4.78 is 28.7. The normalized spacial score (nSPS) is 24.4. The van der Waals surface area contributed by atoms with Crippen molar-refractivity contribution in [3.05, 3.63) is 23.2 Å². The van der Waals surface area contributed by atoms with Crippen molar-refractivity contribution in [2.24, 2.45) is 11.3 Å². The highest BCUT2D eigenvalue weighted by molar-refractivity contribution is 6.32. The first-order chi connectivity index (χ1) is 12.3. The van der Waals surface area contributed by atoms with Gasteiger partial charge in [0.15, 0.2) is 0 Å². The van der Waals surface area contributed by atoms with Gasteiger partial charge in [-0.3, -0.25) is 14.5 Å². The molecule has 150 valence electrons. The lowest BCUT2D eigenvalue weighted by Crippen LogP contribution is -2.37. The summed E-state index contributed by atoms with van der Waals surface area (Å²) in [5, 5.41) is 12.2. The van der Waals surface area contributed by atoms with Crippen LogP contribution in [0.25, 0.3) is 0 Å². The van der Waals surface area contributed by atoms with Crippen LogP contribution in [0.4, 0.5) is 14.5 Å². The molecule has 1 aliphatic carbocycles. The van der Waals surface area contributed by atoms with Crippen molar-refractivity contribution in [1.82, 2.24) is 4.90 Å². The molecular weight excluding hydrogens is 405 g/mol. The van der Waals surface area contributed by atoms with E-state index in [1.807, 2.05) is 4.90 Å². The van der Waals surface area contributed by atoms with Crippen molar-refractivity contribution in [3.8, 4) is 5.75 Å². The fourth-order valence-corrected chi connectivity index (χ4v) is 4.26. The molecule has 2 fully saturated rings. The van der Waals surface area contributed by atoms with Crippen LogP contribution in [0.3, 0.4) is 0 Å². The van der Waals surface area contributed by atoms with Crippen molar-refractivity contribution in [2.75, 3.05) is 25.0 Å². The van der Waals surface area contributed by atoms with Crippen molar-refractivity contribution in [3.63, 3.8) is 0 Å². The second-order valence-corrected chi connectivity index (χ2v) is 7.20. The molecule has 27 heavy (non-hydrogen) atoms. The summed E-state index contributed by atoms with van der Waals surface area (Å²) >= 11 is 5.86. The first-order valence-corrected chi connectivity index (χ1v) is 8.68. The van der Waals surface area contributed by atoms with E-state index in [1.165, 1.54) is 18.2 Å². The number of aliphatic carboxylic acids is 1. The Hall–Kier alpha value is -1.64. The average Bonchev–Trinajstić information content (AvgIpc) is 3.07. The number of carboxylic acids is 1. The summed E-state index contributed by atoms with van der Waals surface area (Å²) in [6.45, 7) is -1.97. The molecule has 6 nitrogen and oxygen atoms in total. The van der Waals surface area contributed by atoms with E-state index in [2.05, 4.69) is 10.1 Å². The number of alkyl halides is 2. The molecule has 2 N–H and O–H groups in total. The number of hydrogen-bond donors (Lipinski definition) is 2. The van der Waals surface area contributed by atoms with Gasteiger partial charge in [0, 0.05) is 18.8 Å². The number of nitrogens with zero attached hydrogens (tertiary/aromatic N) is 1. The molecule has 0 aromatic heterocycles. The summed E-state index contributed by atoms with van der Waals surface area (Å²) in [5.41, 5.74) is -0.383. The van der Waals surface area contributed by atoms with Crippen molar-refractivity contribution in [2.45, 2.75) is 25.9 Å². The number of halogens is 4. The van der Waals surface area contributed by atoms with Gasteiger partial charge in [0.05, 0.1) is 17.0 Å². The van der Waals surface area contributed by atoms with Crippen LogP contribution in [-0.4, -0.2) is 48.1 Å². The van der Waals surface area contributed by atoms with E-state index in [9.17, 15) is 23.5 Å². The van der Waals surface area contributed by atoms with Crippen LogP contribution < -0.4 is 10.1 Å². The largest absolute Gasteiger partial charge is 0.481 e. The highest BCUT2D eigenvalue weighted by atomic mass is 35.5. The quantitative estimate of drug-likeness (QED) is 0.730. The Morgan fingerprint density at radius 3 is 2.78 bits per heavy atom. The van der Waals surface area contributed by atoms with Crippen LogP contribution in [0.15, 0.2) is 18.2 Å². The van der Waals surface area contributed by atoms with E-state index >= 15 is 0 Å². The molecule has 2 atom stereocenters. The van der Waals surface area contributed by atoms with Gasteiger partial charge in [0.1, 0.15) is 5.75 Å². The van der Waals surface area contributed by atoms with E-state index in [4.69, 9.17) is 11.6 Å². The van der Waals surface area contributed by atoms with E-state index in [0.717, 1.165) is 12.8 Å². The van der Waals surface area contributed by atoms with Crippen LogP contribution in [-0.2, 0) is 9.59 Å². The molecule has 3 rings (SSSR count). The first kappa shape index (κ1) is 21.7. The Kier molecular flexibility index (Phi) is 6.88. The standard InChI is InChI=1S/C17H19ClF2N2O4.ClH/c18-12-6-11(3-4-13(12)26-16(19)20)21-14(23)8-22-7-10-2-1-5-17(10,9-22)15(24)25;/h3-4,6,10,16H,1-2,5,7-9H2,(H,21,23)(H,24,25);1H/t10-,17+;/m0./s1. The van der Waals surface area contributed by atoms with Gasteiger partial charge in [0.2, 0.25) is 5.91 Å². The van der Waals surface area contributed by atoms with Gasteiger partial charge >= 0.3 is 12.6 Å². The second kappa shape index (κ2) is 8.58.